The normalized spacial score (nSPS) is 26.7. The van der Waals surface area contributed by atoms with Gasteiger partial charge in [0.05, 0.1) is 0 Å². The first-order valence-corrected chi connectivity index (χ1v) is 9.79. The van der Waals surface area contributed by atoms with Gasteiger partial charge in [-0.05, 0) is 58.2 Å². The lowest BCUT2D eigenvalue weighted by atomic mass is 10.2. The predicted octanol–water partition coefficient (Wildman–Crippen LogP) is 2.27. The lowest BCUT2D eigenvalue weighted by molar-refractivity contribution is 0.242. The van der Waals surface area contributed by atoms with Crippen molar-refractivity contribution in [3.63, 3.8) is 0 Å². The maximum Gasteiger partial charge on any atom is 0.191 e. The van der Waals surface area contributed by atoms with Gasteiger partial charge in [-0.3, -0.25) is 9.89 Å². The molecule has 0 spiro atoms. The van der Waals surface area contributed by atoms with E-state index < -0.39 is 0 Å². The zero-order chi connectivity index (χ0) is 15.9. The number of aliphatic imine (C=N–C) groups is 1. The maximum atomic E-state index is 4.41. The van der Waals surface area contributed by atoms with E-state index in [1.165, 1.54) is 84.1 Å². The van der Waals surface area contributed by atoms with E-state index in [0.29, 0.717) is 6.04 Å². The minimum atomic E-state index is 0. The monoisotopic (exact) mass is 449 g/mol. The lowest BCUT2D eigenvalue weighted by Gasteiger charge is -2.24. The summed E-state index contributed by atoms with van der Waals surface area (Å²) < 4.78 is 0. The Morgan fingerprint density at radius 2 is 1.79 bits per heavy atom. The zero-order valence-electron chi connectivity index (χ0n) is 15.3. The molecule has 1 saturated carbocycles. The van der Waals surface area contributed by atoms with Crippen LogP contribution >= 0.6 is 24.0 Å². The Hall–Kier alpha value is -0.0800. The van der Waals surface area contributed by atoms with E-state index in [0.717, 1.165) is 18.5 Å². The second kappa shape index (κ2) is 10.8. The van der Waals surface area contributed by atoms with Gasteiger partial charge in [0.25, 0.3) is 0 Å². The molecule has 140 valence electrons. The maximum absolute atomic E-state index is 4.41. The highest BCUT2D eigenvalue weighted by molar-refractivity contribution is 14.0. The molecule has 2 saturated heterocycles. The average Bonchev–Trinajstić information content (AvgIpc) is 3.32. The van der Waals surface area contributed by atoms with E-state index in [2.05, 4.69) is 25.4 Å². The highest BCUT2D eigenvalue weighted by Crippen LogP contribution is 2.26. The fourth-order valence-electron chi connectivity index (χ4n) is 4.41. The summed E-state index contributed by atoms with van der Waals surface area (Å²) in [5.41, 5.74) is 0. The molecule has 0 aromatic rings. The van der Waals surface area contributed by atoms with E-state index in [4.69, 9.17) is 0 Å². The summed E-state index contributed by atoms with van der Waals surface area (Å²) in [4.78, 5) is 9.68. The van der Waals surface area contributed by atoms with E-state index in [1.54, 1.807) is 0 Å². The molecule has 0 aromatic heterocycles. The van der Waals surface area contributed by atoms with Gasteiger partial charge in [-0.1, -0.05) is 12.8 Å². The molecular weight excluding hydrogens is 413 g/mol. The van der Waals surface area contributed by atoms with Gasteiger partial charge in [0.1, 0.15) is 0 Å². The Morgan fingerprint density at radius 3 is 2.50 bits per heavy atom. The van der Waals surface area contributed by atoms with Crippen molar-refractivity contribution in [2.24, 2.45) is 4.99 Å². The van der Waals surface area contributed by atoms with Gasteiger partial charge >= 0.3 is 0 Å². The van der Waals surface area contributed by atoms with Crippen molar-refractivity contribution >= 4 is 29.9 Å². The Morgan fingerprint density at radius 1 is 1.04 bits per heavy atom. The molecule has 0 bridgehead atoms. The summed E-state index contributed by atoms with van der Waals surface area (Å²) in [6.45, 7) is 7.30. The van der Waals surface area contributed by atoms with E-state index >= 15 is 0 Å². The third kappa shape index (κ3) is 6.02. The molecule has 5 nitrogen and oxygen atoms in total. The number of likely N-dealkylation sites (tertiary alicyclic amines) is 2. The Labute approximate surface area is 165 Å². The molecule has 0 amide bonds. The molecule has 0 radical (unpaired) electrons. The van der Waals surface area contributed by atoms with Gasteiger partial charge in [0, 0.05) is 38.8 Å². The van der Waals surface area contributed by atoms with Gasteiger partial charge < -0.3 is 15.5 Å². The molecule has 24 heavy (non-hydrogen) atoms. The molecular formula is C18H36IN5. The van der Waals surface area contributed by atoms with Crippen molar-refractivity contribution in [1.29, 1.82) is 0 Å². The second-order valence-electron chi connectivity index (χ2n) is 7.46. The number of halogens is 1. The highest BCUT2D eigenvalue weighted by atomic mass is 127. The topological polar surface area (TPSA) is 42.9 Å². The molecule has 1 unspecified atom stereocenters. The van der Waals surface area contributed by atoms with Gasteiger partial charge in [0.2, 0.25) is 0 Å². The lowest BCUT2D eigenvalue weighted by Crippen LogP contribution is -2.45. The van der Waals surface area contributed by atoms with Crippen molar-refractivity contribution in [2.45, 2.75) is 63.5 Å². The number of nitrogens with one attached hydrogen (secondary N) is 2. The quantitative estimate of drug-likeness (QED) is 0.283. The van der Waals surface area contributed by atoms with Crippen molar-refractivity contribution in [3.05, 3.63) is 0 Å². The third-order valence-corrected chi connectivity index (χ3v) is 5.77. The van der Waals surface area contributed by atoms with Gasteiger partial charge in [0.15, 0.2) is 5.96 Å². The first kappa shape index (κ1) is 20.2. The number of rotatable bonds is 6. The van der Waals surface area contributed by atoms with Crippen LogP contribution in [0.15, 0.2) is 4.99 Å². The van der Waals surface area contributed by atoms with Gasteiger partial charge in [-0.25, -0.2) is 0 Å². The summed E-state index contributed by atoms with van der Waals surface area (Å²) in [5, 5.41) is 7.13. The summed E-state index contributed by atoms with van der Waals surface area (Å²) in [5.74, 6) is 0.990. The van der Waals surface area contributed by atoms with Crippen LogP contribution in [0.4, 0.5) is 0 Å². The van der Waals surface area contributed by atoms with Crippen LogP contribution in [0.5, 0.6) is 0 Å². The molecule has 2 heterocycles. The highest BCUT2D eigenvalue weighted by Gasteiger charge is 2.30. The summed E-state index contributed by atoms with van der Waals surface area (Å²) in [6, 6.07) is 1.43. The largest absolute Gasteiger partial charge is 0.356 e. The van der Waals surface area contributed by atoms with E-state index in [-0.39, 0.29) is 24.0 Å². The fraction of sp³-hybridized carbons (Fsp3) is 0.944. The zero-order valence-corrected chi connectivity index (χ0v) is 17.6. The molecule has 3 fully saturated rings. The number of guanidine groups is 1. The van der Waals surface area contributed by atoms with Crippen molar-refractivity contribution < 1.29 is 0 Å². The average molecular weight is 449 g/mol. The summed E-state index contributed by atoms with van der Waals surface area (Å²) in [6.07, 6.45) is 10.9. The molecule has 1 atom stereocenters. The summed E-state index contributed by atoms with van der Waals surface area (Å²) in [7, 11) is 1.89. The van der Waals surface area contributed by atoms with Crippen LogP contribution in [0.1, 0.15) is 51.4 Å². The Balaban J connectivity index is 0.00000208. The van der Waals surface area contributed by atoms with Crippen LogP contribution in [0.2, 0.25) is 0 Å². The molecule has 6 heteroatoms. The Bertz CT molecular complexity index is 378. The molecule has 3 rings (SSSR count). The van der Waals surface area contributed by atoms with Crippen LogP contribution in [0, 0.1) is 0 Å². The van der Waals surface area contributed by atoms with Crippen molar-refractivity contribution in [1.82, 2.24) is 20.4 Å². The molecule has 2 N–H and O–H groups in total. The van der Waals surface area contributed by atoms with Crippen LogP contribution in [0.25, 0.3) is 0 Å². The van der Waals surface area contributed by atoms with Crippen LogP contribution in [-0.4, -0.2) is 74.2 Å². The van der Waals surface area contributed by atoms with Crippen molar-refractivity contribution in [2.75, 3.05) is 46.3 Å². The number of hydrogen-bond donors (Lipinski definition) is 2. The van der Waals surface area contributed by atoms with Gasteiger partial charge in [-0.2, -0.15) is 0 Å². The van der Waals surface area contributed by atoms with Crippen molar-refractivity contribution in [3.8, 4) is 0 Å². The standard InChI is InChI=1S/C18H35N5.HI/c1-19-18(20-10-6-13-22-11-4-5-12-22)21-16-9-14-23(15-16)17-7-2-3-8-17;/h16-17H,2-15H2,1H3,(H2,19,20,21);1H. The molecule has 2 aliphatic heterocycles. The molecule has 0 aromatic carbocycles. The van der Waals surface area contributed by atoms with Gasteiger partial charge in [-0.15, -0.1) is 24.0 Å². The fourth-order valence-corrected chi connectivity index (χ4v) is 4.41. The minimum absolute atomic E-state index is 0. The van der Waals surface area contributed by atoms with E-state index in [9.17, 15) is 0 Å². The first-order chi connectivity index (χ1) is 11.3. The van der Waals surface area contributed by atoms with Crippen LogP contribution < -0.4 is 10.6 Å². The summed E-state index contributed by atoms with van der Waals surface area (Å²) >= 11 is 0. The molecule has 3 aliphatic rings. The minimum Gasteiger partial charge on any atom is -0.356 e. The van der Waals surface area contributed by atoms with E-state index in [1.807, 2.05) is 7.05 Å². The predicted molar refractivity (Wildman–Crippen MR) is 112 cm³/mol. The third-order valence-electron chi connectivity index (χ3n) is 5.77. The molecule has 1 aliphatic carbocycles. The Kier molecular flexibility index (Phi) is 9.11. The second-order valence-corrected chi connectivity index (χ2v) is 7.46. The number of hydrogen-bond acceptors (Lipinski definition) is 3. The first-order valence-electron chi connectivity index (χ1n) is 9.79. The SMILES string of the molecule is CN=C(NCCCN1CCCC1)NC1CCN(C2CCCC2)C1.I. The van der Waals surface area contributed by atoms with Crippen LogP contribution in [-0.2, 0) is 0 Å². The smallest absolute Gasteiger partial charge is 0.191 e. The van der Waals surface area contributed by atoms with Crippen LogP contribution in [0.3, 0.4) is 0 Å². The number of nitrogens with zero attached hydrogens (tertiary/aromatic N) is 3.